The van der Waals surface area contributed by atoms with Crippen LogP contribution < -0.4 is 4.74 Å². The van der Waals surface area contributed by atoms with Gasteiger partial charge >= 0.3 is 0 Å². The lowest BCUT2D eigenvalue weighted by Crippen LogP contribution is -2.48. The van der Waals surface area contributed by atoms with Crippen LogP contribution in [-0.4, -0.2) is 55.5 Å². The molecule has 1 aliphatic heterocycles. The molecule has 0 radical (unpaired) electrons. The minimum atomic E-state index is 0.0231. The van der Waals surface area contributed by atoms with Crippen molar-refractivity contribution in [3.63, 3.8) is 0 Å². The summed E-state index contributed by atoms with van der Waals surface area (Å²) in [6.45, 7) is 3.41. The number of amides is 1. The highest BCUT2D eigenvalue weighted by atomic mass is 79.9. The van der Waals surface area contributed by atoms with Crippen molar-refractivity contribution in [1.82, 2.24) is 9.80 Å². The molecule has 0 unspecified atom stereocenters. The van der Waals surface area contributed by atoms with Gasteiger partial charge in [0.1, 0.15) is 5.75 Å². The molecule has 1 heterocycles. The molecule has 0 N–H and O–H groups in total. The maximum atomic E-state index is 12.0. The molecule has 0 bridgehead atoms. The standard InChI is InChI=1S/C13H16BrClN2O2/c1-16-4-6-17(7-5-16)13(18)9-19-12-3-2-10(15)8-11(12)14/h2-3,8H,4-7,9H2,1H3. The molecule has 4 nitrogen and oxygen atoms in total. The highest BCUT2D eigenvalue weighted by molar-refractivity contribution is 9.10. The van der Waals surface area contributed by atoms with E-state index in [9.17, 15) is 4.79 Å². The van der Waals surface area contributed by atoms with Crippen LogP contribution in [0.15, 0.2) is 22.7 Å². The highest BCUT2D eigenvalue weighted by Gasteiger charge is 2.19. The predicted octanol–water partition coefficient (Wildman–Crippen LogP) is 2.26. The largest absolute Gasteiger partial charge is 0.483 e. The summed E-state index contributed by atoms with van der Waals surface area (Å²) in [4.78, 5) is 16.0. The number of carbonyl (C=O) groups is 1. The van der Waals surface area contributed by atoms with Gasteiger partial charge in [-0.1, -0.05) is 11.6 Å². The molecular weight excluding hydrogens is 332 g/mol. The molecule has 1 saturated heterocycles. The van der Waals surface area contributed by atoms with Crippen molar-refractivity contribution in [1.29, 1.82) is 0 Å². The average Bonchev–Trinajstić information content (AvgIpc) is 2.38. The van der Waals surface area contributed by atoms with Crippen molar-refractivity contribution in [2.75, 3.05) is 39.8 Å². The Morgan fingerprint density at radius 2 is 2.05 bits per heavy atom. The van der Waals surface area contributed by atoms with E-state index in [0.717, 1.165) is 30.7 Å². The van der Waals surface area contributed by atoms with Crippen LogP contribution in [0.2, 0.25) is 5.02 Å². The van der Waals surface area contributed by atoms with Gasteiger partial charge in [-0.15, -0.1) is 0 Å². The molecule has 6 heteroatoms. The number of hydrogen-bond acceptors (Lipinski definition) is 3. The fourth-order valence-electron chi connectivity index (χ4n) is 1.88. The van der Waals surface area contributed by atoms with Crippen molar-refractivity contribution in [3.8, 4) is 5.75 Å². The molecule has 1 aliphatic rings. The van der Waals surface area contributed by atoms with Gasteiger partial charge in [0.05, 0.1) is 4.47 Å². The lowest BCUT2D eigenvalue weighted by molar-refractivity contribution is -0.134. The molecule has 0 spiro atoms. The Kier molecular flexibility index (Phi) is 5.07. The molecule has 1 fully saturated rings. The molecule has 0 atom stereocenters. The third-order valence-corrected chi connectivity index (χ3v) is 3.96. The Hall–Kier alpha value is -0.780. The molecule has 1 aromatic carbocycles. The van der Waals surface area contributed by atoms with Crippen LogP contribution in [0.3, 0.4) is 0 Å². The zero-order valence-electron chi connectivity index (χ0n) is 10.7. The number of rotatable bonds is 3. The van der Waals surface area contributed by atoms with Gasteiger partial charge in [-0.2, -0.15) is 0 Å². The second kappa shape index (κ2) is 6.59. The van der Waals surface area contributed by atoms with Crippen LogP contribution in [0.4, 0.5) is 0 Å². The van der Waals surface area contributed by atoms with Crippen molar-refractivity contribution < 1.29 is 9.53 Å². The first-order valence-electron chi connectivity index (χ1n) is 6.10. The number of nitrogens with zero attached hydrogens (tertiary/aromatic N) is 2. The summed E-state index contributed by atoms with van der Waals surface area (Å²) >= 11 is 9.21. The van der Waals surface area contributed by atoms with Crippen LogP contribution in [-0.2, 0) is 4.79 Å². The first kappa shape index (κ1) is 14.6. The quantitative estimate of drug-likeness (QED) is 0.841. The maximum Gasteiger partial charge on any atom is 0.260 e. The Balaban J connectivity index is 1.86. The summed E-state index contributed by atoms with van der Waals surface area (Å²) in [5.41, 5.74) is 0. The molecule has 0 aliphatic carbocycles. The van der Waals surface area contributed by atoms with Gasteiger partial charge in [-0.05, 0) is 41.2 Å². The number of ether oxygens (including phenoxy) is 1. The molecule has 1 amide bonds. The van der Waals surface area contributed by atoms with E-state index in [2.05, 4.69) is 27.9 Å². The second-order valence-electron chi connectivity index (χ2n) is 4.55. The fourth-order valence-corrected chi connectivity index (χ4v) is 2.68. The molecule has 0 aromatic heterocycles. The van der Waals surface area contributed by atoms with Crippen LogP contribution in [0, 0.1) is 0 Å². The molecular formula is C13H16BrClN2O2. The number of hydrogen-bond donors (Lipinski definition) is 0. The Morgan fingerprint density at radius 3 is 2.68 bits per heavy atom. The van der Waals surface area contributed by atoms with Gasteiger partial charge < -0.3 is 14.5 Å². The molecule has 2 rings (SSSR count). The van der Waals surface area contributed by atoms with Gasteiger partial charge in [0.2, 0.25) is 0 Å². The average molecular weight is 348 g/mol. The third-order valence-electron chi connectivity index (χ3n) is 3.10. The van der Waals surface area contributed by atoms with Crippen molar-refractivity contribution in [2.45, 2.75) is 0 Å². The van der Waals surface area contributed by atoms with E-state index >= 15 is 0 Å². The minimum Gasteiger partial charge on any atom is -0.483 e. The summed E-state index contributed by atoms with van der Waals surface area (Å²) in [6, 6.07) is 5.24. The van der Waals surface area contributed by atoms with Crippen molar-refractivity contribution in [2.24, 2.45) is 0 Å². The third kappa shape index (κ3) is 4.09. The van der Waals surface area contributed by atoms with E-state index < -0.39 is 0 Å². The highest BCUT2D eigenvalue weighted by Crippen LogP contribution is 2.27. The number of benzene rings is 1. The summed E-state index contributed by atoms with van der Waals surface area (Å²) < 4.78 is 6.28. The second-order valence-corrected chi connectivity index (χ2v) is 5.84. The first-order chi connectivity index (χ1) is 9.06. The smallest absolute Gasteiger partial charge is 0.260 e. The Labute approximate surface area is 126 Å². The monoisotopic (exact) mass is 346 g/mol. The van der Waals surface area contributed by atoms with Crippen LogP contribution >= 0.6 is 27.5 Å². The lowest BCUT2D eigenvalue weighted by Gasteiger charge is -2.32. The van der Waals surface area contributed by atoms with E-state index in [-0.39, 0.29) is 12.5 Å². The first-order valence-corrected chi connectivity index (χ1v) is 7.27. The summed E-state index contributed by atoms with van der Waals surface area (Å²) in [5, 5.41) is 0.629. The predicted molar refractivity (Wildman–Crippen MR) is 78.7 cm³/mol. The van der Waals surface area contributed by atoms with Gasteiger partial charge in [0, 0.05) is 31.2 Å². The molecule has 104 valence electrons. The number of halogens is 2. The Bertz CT molecular complexity index is 462. The fraction of sp³-hybridized carbons (Fsp3) is 0.462. The van der Waals surface area contributed by atoms with E-state index in [1.165, 1.54) is 0 Å². The van der Waals surface area contributed by atoms with Crippen molar-refractivity contribution in [3.05, 3.63) is 27.7 Å². The summed E-state index contributed by atoms with van der Waals surface area (Å²) in [5.74, 6) is 0.654. The molecule has 0 saturated carbocycles. The van der Waals surface area contributed by atoms with Crippen LogP contribution in [0.5, 0.6) is 5.75 Å². The molecule has 19 heavy (non-hydrogen) atoms. The van der Waals surface area contributed by atoms with Gasteiger partial charge in [-0.3, -0.25) is 4.79 Å². The van der Waals surface area contributed by atoms with Crippen LogP contribution in [0.1, 0.15) is 0 Å². The topological polar surface area (TPSA) is 32.8 Å². The van der Waals surface area contributed by atoms with E-state index in [4.69, 9.17) is 16.3 Å². The Morgan fingerprint density at radius 1 is 1.37 bits per heavy atom. The lowest BCUT2D eigenvalue weighted by atomic mass is 10.3. The maximum absolute atomic E-state index is 12.0. The summed E-state index contributed by atoms with van der Waals surface area (Å²) in [7, 11) is 2.06. The van der Waals surface area contributed by atoms with Gasteiger partial charge in [-0.25, -0.2) is 0 Å². The number of likely N-dealkylation sites (N-methyl/N-ethyl adjacent to an activating group) is 1. The zero-order valence-corrected chi connectivity index (χ0v) is 13.1. The molecule has 1 aromatic rings. The minimum absolute atomic E-state index is 0.0231. The van der Waals surface area contributed by atoms with E-state index in [1.54, 1.807) is 18.2 Å². The number of piperazine rings is 1. The summed E-state index contributed by atoms with van der Waals surface area (Å²) in [6.07, 6.45) is 0. The van der Waals surface area contributed by atoms with Crippen molar-refractivity contribution >= 4 is 33.4 Å². The normalized spacial score (nSPS) is 16.5. The van der Waals surface area contributed by atoms with Gasteiger partial charge in [0.15, 0.2) is 6.61 Å². The van der Waals surface area contributed by atoms with Gasteiger partial charge in [0.25, 0.3) is 5.91 Å². The van der Waals surface area contributed by atoms with E-state index in [1.807, 2.05) is 4.90 Å². The zero-order chi connectivity index (χ0) is 13.8. The van der Waals surface area contributed by atoms with E-state index in [0.29, 0.717) is 10.8 Å². The SMILES string of the molecule is CN1CCN(C(=O)COc2ccc(Cl)cc2Br)CC1. The number of carbonyl (C=O) groups excluding carboxylic acids is 1. The van der Waals surface area contributed by atoms with Crippen LogP contribution in [0.25, 0.3) is 0 Å².